The van der Waals surface area contributed by atoms with Gasteiger partial charge < -0.3 is 9.15 Å². The number of carbonyl (C=O) groups is 1. The first kappa shape index (κ1) is 12.4. The molecule has 0 unspecified atom stereocenters. The van der Waals surface area contributed by atoms with Crippen LogP contribution in [0.25, 0.3) is 11.3 Å². The Bertz CT molecular complexity index is 528. The summed E-state index contributed by atoms with van der Waals surface area (Å²) in [6.07, 6.45) is 2.23. The minimum atomic E-state index is -0.458. The minimum Gasteiger partial charge on any atom is -0.461 e. The monoisotopic (exact) mass is 245 g/mol. The van der Waals surface area contributed by atoms with E-state index in [0.29, 0.717) is 12.4 Å². The normalized spacial score (nSPS) is 10.3. The summed E-state index contributed by atoms with van der Waals surface area (Å²) in [7, 11) is 0. The summed E-state index contributed by atoms with van der Waals surface area (Å²) in [5.41, 5.74) is 2.28. The number of aromatic nitrogens is 1. The zero-order valence-electron chi connectivity index (χ0n) is 10.5. The number of hydrogen-bond acceptors (Lipinski definition) is 4. The standard InChI is InChI=1S/C14H15NO3/c1-3-10-5-7-11(8-6-10)13-12(15-9-18-13)14(16)17-4-2/h5-9H,3-4H2,1-2H3. The van der Waals surface area contributed by atoms with Gasteiger partial charge in [0.05, 0.1) is 6.61 Å². The third-order valence-electron chi connectivity index (χ3n) is 2.66. The lowest BCUT2D eigenvalue weighted by Crippen LogP contribution is -2.06. The van der Waals surface area contributed by atoms with E-state index >= 15 is 0 Å². The number of hydrogen-bond donors (Lipinski definition) is 0. The summed E-state index contributed by atoms with van der Waals surface area (Å²) in [4.78, 5) is 15.6. The van der Waals surface area contributed by atoms with Gasteiger partial charge in [-0.25, -0.2) is 9.78 Å². The molecule has 0 saturated heterocycles. The molecule has 0 amide bonds. The topological polar surface area (TPSA) is 52.3 Å². The van der Waals surface area contributed by atoms with Crippen LogP contribution in [0.15, 0.2) is 35.1 Å². The van der Waals surface area contributed by atoms with E-state index in [-0.39, 0.29) is 5.69 Å². The number of rotatable bonds is 4. The number of esters is 1. The van der Waals surface area contributed by atoms with Crippen LogP contribution >= 0.6 is 0 Å². The molecule has 94 valence electrons. The second-order valence-corrected chi connectivity index (χ2v) is 3.80. The predicted octanol–water partition coefficient (Wildman–Crippen LogP) is 3.08. The van der Waals surface area contributed by atoms with Gasteiger partial charge in [-0.3, -0.25) is 0 Å². The van der Waals surface area contributed by atoms with Gasteiger partial charge in [0.1, 0.15) is 0 Å². The van der Waals surface area contributed by atoms with Crippen LogP contribution in [0.3, 0.4) is 0 Å². The Morgan fingerprint density at radius 1 is 1.28 bits per heavy atom. The maximum atomic E-state index is 11.7. The van der Waals surface area contributed by atoms with E-state index in [1.807, 2.05) is 24.3 Å². The van der Waals surface area contributed by atoms with Gasteiger partial charge in [0.15, 0.2) is 17.8 Å². The summed E-state index contributed by atoms with van der Waals surface area (Å²) in [5, 5.41) is 0. The van der Waals surface area contributed by atoms with E-state index in [4.69, 9.17) is 9.15 Å². The average molecular weight is 245 g/mol. The highest BCUT2D eigenvalue weighted by atomic mass is 16.5. The predicted molar refractivity (Wildman–Crippen MR) is 67.3 cm³/mol. The van der Waals surface area contributed by atoms with Gasteiger partial charge >= 0.3 is 5.97 Å². The van der Waals surface area contributed by atoms with E-state index in [1.165, 1.54) is 12.0 Å². The van der Waals surface area contributed by atoms with Gasteiger partial charge in [-0.1, -0.05) is 31.2 Å². The molecule has 2 rings (SSSR count). The smallest absolute Gasteiger partial charge is 0.360 e. The summed E-state index contributed by atoms with van der Waals surface area (Å²) < 4.78 is 10.2. The van der Waals surface area contributed by atoms with Crippen molar-refractivity contribution < 1.29 is 13.9 Å². The van der Waals surface area contributed by atoms with Crippen LogP contribution in [0.5, 0.6) is 0 Å². The molecular weight excluding hydrogens is 230 g/mol. The van der Waals surface area contributed by atoms with E-state index in [9.17, 15) is 4.79 Å². The Labute approximate surface area is 106 Å². The van der Waals surface area contributed by atoms with Crippen LogP contribution in [0.4, 0.5) is 0 Å². The fourth-order valence-electron chi connectivity index (χ4n) is 1.69. The summed E-state index contributed by atoms with van der Waals surface area (Å²) in [6, 6.07) is 7.85. The number of carbonyl (C=O) groups excluding carboxylic acids is 1. The second kappa shape index (κ2) is 5.49. The van der Waals surface area contributed by atoms with Crippen molar-refractivity contribution in [1.82, 2.24) is 4.98 Å². The molecular formula is C14H15NO3. The van der Waals surface area contributed by atoms with Crippen LogP contribution in [-0.4, -0.2) is 17.6 Å². The van der Waals surface area contributed by atoms with E-state index in [1.54, 1.807) is 6.92 Å². The van der Waals surface area contributed by atoms with Crippen LogP contribution in [-0.2, 0) is 11.2 Å². The molecule has 0 spiro atoms. The van der Waals surface area contributed by atoms with Crippen molar-refractivity contribution in [3.8, 4) is 11.3 Å². The highest BCUT2D eigenvalue weighted by Gasteiger charge is 2.18. The van der Waals surface area contributed by atoms with Gasteiger partial charge in [0.2, 0.25) is 0 Å². The number of aryl methyl sites for hydroxylation is 1. The quantitative estimate of drug-likeness (QED) is 0.777. The van der Waals surface area contributed by atoms with Crippen molar-refractivity contribution in [3.05, 3.63) is 41.9 Å². The average Bonchev–Trinajstić information content (AvgIpc) is 2.88. The zero-order chi connectivity index (χ0) is 13.0. The molecule has 1 aromatic carbocycles. The SMILES string of the molecule is CCOC(=O)c1ncoc1-c1ccc(CC)cc1. The Kier molecular flexibility index (Phi) is 3.77. The summed E-state index contributed by atoms with van der Waals surface area (Å²) >= 11 is 0. The third kappa shape index (κ3) is 2.42. The van der Waals surface area contributed by atoms with Crippen molar-refractivity contribution in [1.29, 1.82) is 0 Å². The molecule has 0 saturated carbocycles. The minimum absolute atomic E-state index is 0.223. The summed E-state index contributed by atoms with van der Waals surface area (Å²) in [5.74, 6) is -0.00285. The molecule has 0 aliphatic carbocycles. The molecule has 0 radical (unpaired) electrons. The Morgan fingerprint density at radius 2 is 2.00 bits per heavy atom. The Hall–Kier alpha value is -2.10. The number of ether oxygens (including phenoxy) is 1. The van der Waals surface area contributed by atoms with Gasteiger partial charge in [-0.15, -0.1) is 0 Å². The molecule has 0 aliphatic rings. The van der Waals surface area contributed by atoms with Gasteiger partial charge in [0.25, 0.3) is 0 Å². The highest BCUT2D eigenvalue weighted by Crippen LogP contribution is 2.24. The summed E-state index contributed by atoms with van der Waals surface area (Å²) in [6.45, 7) is 4.17. The number of benzene rings is 1. The maximum absolute atomic E-state index is 11.7. The van der Waals surface area contributed by atoms with Crippen molar-refractivity contribution in [2.45, 2.75) is 20.3 Å². The first-order chi connectivity index (χ1) is 8.76. The van der Waals surface area contributed by atoms with E-state index in [2.05, 4.69) is 11.9 Å². The Balaban J connectivity index is 2.32. The fourth-order valence-corrected chi connectivity index (χ4v) is 1.69. The lowest BCUT2D eigenvalue weighted by atomic mass is 10.1. The Morgan fingerprint density at radius 3 is 2.61 bits per heavy atom. The van der Waals surface area contributed by atoms with Gasteiger partial charge in [0, 0.05) is 5.56 Å². The van der Waals surface area contributed by atoms with Crippen molar-refractivity contribution in [2.75, 3.05) is 6.61 Å². The van der Waals surface area contributed by atoms with Gasteiger partial charge in [-0.2, -0.15) is 0 Å². The molecule has 1 aromatic heterocycles. The zero-order valence-corrected chi connectivity index (χ0v) is 10.5. The molecule has 2 aromatic rings. The van der Waals surface area contributed by atoms with Crippen molar-refractivity contribution in [3.63, 3.8) is 0 Å². The number of nitrogens with zero attached hydrogens (tertiary/aromatic N) is 1. The van der Waals surface area contributed by atoms with Crippen molar-refractivity contribution >= 4 is 5.97 Å². The molecule has 0 bridgehead atoms. The van der Waals surface area contributed by atoms with Crippen LogP contribution in [0.2, 0.25) is 0 Å². The van der Waals surface area contributed by atoms with Gasteiger partial charge in [-0.05, 0) is 18.9 Å². The molecule has 0 aliphatic heterocycles. The van der Waals surface area contributed by atoms with E-state index in [0.717, 1.165) is 12.0 Å². The van der Waals surface area contributed by atoms with Crippen LogP contribution < -0.4 is 0 Å². The molecule has 18 heavy (non-hydrogen) atoms. The van der Waals surface area contributed by atoms with Crippen LogP contribution in [0.1, 0.15) is 29.9 Å². The maximum Gasteiger partial charge on any atom is 0.360 e. The first-order valence-corrected chi connectivity index (χ1v) is 5.96. The molecule has 4 heteroatoms. The lowest BCUT2D eigenvalue weighted by Gasteiger charge is -2.02. The lowest BCUT2D eigenvalue weighted by molar-refractivity contribution is 0.0520. The fraction of sp³-hybridized carbons (Fsp3) is 0.286. The van der Waals surface area contributed by atoms with Crippen LogP contribution in [0, 0.1) is 0 Å². The van der Waals surface area contributed by atoms with Crippen molar-refractivity contribution in [2.24, 2.45) is 0 Å². The largest absolute Gasteiger partial charge is 0.461 e. The first-order valence-electron chi connectivity index (χ1n) is 5.96. The highest BCUT2D eigenvalue weighted by molar-refractivity contribution is 5.93. The van der Waals surface area contributed by atoms with E-state index < -0.39 is 5.97 Å². The molecule has 0 fully saturated rings. The number of oxazole rings is 1. The molecule has 0 atom stereocenters. The third-order valence-corrected chi connectivity index (χ3v) is 2.66. The molecule has 0 N–H and O–H groups in total. The molecule has 1 heterocycles. The molecule has 4 nitrogen and oxygen atoms in total. The second-order valence-electron chi connectivity index (χ2n) is 3.80.